The lowest BCUT2D eigenvalue weighted by Crippen LogP contribution is -2.02. The highest BCUT2D eigenvalue weighted by molar-refractivity contribution is 5.32. The van der Waals surface area contributed by atoms with Gasteiger partial charge < -0.3 is 10.5 Å². The summed E-state index contributed by atoms with van der Waals surface area (Å²) in [6, 6.07) is 12.5. The second-order valence-corrected chi connectivity index (χ2v) is 4.23. The fourth-order valence-electron chi connectivity index (χ4n) is 1.80. The number of nitrogens with two attached hydrogens (primary N) is 1. The van der Waals surface area contributed by atoms with Crippen molar-refractivity contribution in [2.75, 3.05) is 0 Å². The van der Waals surface area contributed by atoms with Gasteiger partial charge in [-0.05, 0) is 41.8 Å². The van der Waals surface area contributed by atoms with E-state index in [0.717, 1.165) is 22.4 Å². The first-order chi connectivity index (χ1) is 8.69. The van der Waals surface area contributed by atoms with Gasteiger partial charge in [-0.25, -0.2) is 4.39 Å². The van der Waals surface area contributed by atoms with Crippen LogP contribution in [-0.4, -0.2) is 0 Å². The monoisotopic (exact) mass is 245 g/mol. The van der Waals surface area contributed by atoms with E-state index in [0.29, 0.717) is 13.2 Å². The lowest BCUT2D eigenvalue weighted by molar-refractivity contribution is 0.303. The lowest BCUT2D eigenvalue weighted by atomic mass is 10.1. The maximum atomic E-state index is 13.3. The minimum atomic E-state index is -0.277. The predicted octanol–water partition coefficient (Wildman–Crippen LogP) is 3.17. The summed E-state index contributed by atoms with van der Waals surface area (Å²) in [4.78, 5) is 0. The van der Waals surface area contributed by atoms with E-state index in [2.05, 4.69) is 0 Å². The van der Waals surface area contributed by atoms with E-state index in [1.54, 1.807) is 0 Å². The average Bonchev–Trinajstić information content (AvgIpc) is 2.37. The average molecular weight is 245 g/mol. The van der Waals surface area contributed by atoms with Crippen molar-refractivity contribution >= 4 is 0 Å². The molecular formula is C15H16FNO. The number of hydrogen-bond acceptors (Lipinski definition) is 2. The van der Waals surface area contributed by atoms with Gasteiger partial charge in [-0.3, -0.25) is 0 Å². The smallest absolute Gasteiger partial charge is 0.123 e. The molecule has 2 aromatic rings. The SMILES string of the molecule is Cc1ccccc1OCc1cc(F)cc(CN)c1. The Morgan fingerprint density at radius 3 is 2.56 bits per heavy atom. The standard InChI is InChI=1S/C15H16FNO/c1-11-4-2-3-5-15(11)18-10-13-6-12(9-17)7-14(16)8-13/h2-8H,9-10,17H2,1H3. The molecule has 3 heteroatoms. The highest BCUT2D eigenvalue weighted by Crippen LogP contribution is 2.18. The molecule has 2 N–H and O–H groups in total. The minimum Gasteiger partial charge on any atom is -0.489 e. The second-order valence-electron chi connectivity index (χ2n) is 4.23. The van der Waals surface area contributed by atoms with Crippen molar-refractivity contribution in [1.29, 1.82) is 0 Å². The van der Waals surface area contributed by atoms with Gasteiger partial charge in [0, 0.05) is 6.54 Å². The van der Waals surface area contributed by atoms with E-state index in [9.17, 15) is 4.39 Å². The van der Waals surface area contributed by atoms with Crippen LogP contribution in [-0.2, 0) is 13.2 Å². The quantitative estimate of drug-likeness (QED) is 0.898. The molecule has 0 fully saturated rings. The Kier molecular flexibility index (Phi) is 3.95. The number of halogens is 1. The van der Waals surface area contributed by atoms with E-state index >= 15 is 0 Å². The Labute approximate surface area is 106 Å². The Balaban J connectivity index is 2.11. The summed E-state index contributed by atoms with van der Waals surface area (Å²) in [5, 5.41) is 0. The van der Waals surface area contributed by atoms with Crippen LogP contribution in [0.3, 0.4) is 0 Å². The van der Waals surface area contributed by atoms with Crippen LogP contribution in [0.5, 0.6) is 5.75 Å². The highest BCUT2D eigenvalue weighted by atomic mass is 19.1. The zero-order valence-electron chi connectivity index (χ0n) is 10.3. The molecule has 0 unspecified atom stereocenters. The molecule has 0 spiro atoms. The Morgan fingerprint density at radius 2 is 1.83 bits per heavy atom. The fraction of sp³-hybridized carbons (Fsp3) is 0.200. The third-order valence-electron chi connectivity index (χ3n) is 2.74. The largest absolute Gasteiger partial charge is 0.489 e. The molecule has 0 aromatic heterocycles. The third-order valence-corrected chi connectivity index (χ3v) is 2.74. The van der Waals surface area contributed by atoms with Crippen LogP contribution in [0, 0.1) is 12.7 Å². The zero-order valence-corrected chi connectivity index (χ0v) is 10.3. The first-order valence-corrected chi connectivity index (χ1v) is 5.86. The van der Waals surface area contributed by atoms with Gasteiger partial charge in [0.1, 0.15) is 18.2 Å². The van der Waals surface area contributed by atoms with Crippen molar-refractivity contribution in [3.8, 4) is 5.75 Å². The van der Waals surface area contributed by atoms with Crippen molar-refractivity contribution in [2.24, 2.45) is 5.73 Å². The van der Waals surface area contributed by atoms with Crippen molar-refractivity contribution < 1.29 is 9.13 Å². The maximum absolute atomic E-state index is 13.3. The molecule has 0 saturated heterocycles. The molecule has 94 valence electrons. The van der Waals surface area contributed by atoms with Crippen LogP contribution in [0.4, 0.5) is 4.39 Å². The van der Waals surface area contributed by atoms with Crippen LogP contribution in [0.25, 0.3) is 0 Å². The summed E-state index contributed by atoms with van der Waals surface area (Å²) in [6.07, 6.45) is 0. The Hall–Kier alpha value is -1.87. The molecule has 0 heterocycles. The van der Waals surface area contributed by atoms with Gasteiger partial charge in [0.25, 0.3) is 0 Å². The van der Waals surface area contributed by atoms with Crippen LogP contribution < -0.4 is 10.5 Å². The van der Waals surface area contributed by atoms with Crippen LogP contribution in [0.2, 0.25) is 0 Å². The van der Waals surface area contributed by atoms with E-state index in [1.165, 1.54) is 12.1 Å². The molecular weight excluding hydrogens is 229 g/mol. The number of hydrogen-bond donors (Lipinski definition) is 1. The first-order valence-electron chi connectivity index (χ1n) is 5.86. The van der Waals surface area contributed by atoms with Gasteiger partial charge in [0.15, 0.2) is 0 Å². The fourth-order valence-corrected chi connectivity index (χ4v) is 1.80. The molecule has 0 bridgehead atoms. The number of aryl methyl sites for hydroxylation is 1. The molecule has 2 aromatic carbocycles. The van der Waals surface area contributed by atoms with Gasteiger partial charge >= 0.3 is 0 Å². The van der Waals surface area contributed by atoms with Crippen molar-refractivity contribution in [3.63, 3.8) is 0 Å². The van der Waals surface area contributed by atoms with Crippen LogP contribution in [0.15, 0.2) is 42.5 Å². The number of ether oxygens (including phenoxy) is 1. The summed E-state index contributed by atoms with van der Waals surface area (Å²) in [5.74, 6) is 0.539. The van der Waals surface area contributed by atoms with Gasteiger partial charge in [0.2, 0.25) is 0 Å². The summed E-state index contributed by atoms with van der Waals surface area (Å²) in [6.45, 7) is 2.65. The van der Waals surface area contributed by atoms with Crippen molar-refractivity contribution in [3.05, 3.63) is 65.0 Å². The van der Waals surface area contributed by atoms with Gasteiger partial charge in [-0.15, -0.1) is 0 Å². The normalized spacial score (nSPS) is 10.4. The van der Waals surface area contributed by atoms with Crippen LogP contribution in [0.1, 0.15) is 16.7 Å². The predicted molar refractivity (Wildman–Crippen MR) is 69.8 cm³/mol. The molecule has 0 aliphatic heterocycles. The summed E-state index contributed by atoms with van der Waals surface area (Å²) in [5.41, 5.74) is 8.14. The van der Waals surface area contributed by atoms with Gasteiger partial charge in [-0.1, -0.05) is 24.3 Å². The van der Waals surface area contributed by atoms with Gasteiger partial charge in [0.05, 0.1) is 0 Å². The van der Waals surface area contributed by atoms with Crippen LogP contribution >= 0.6 is 0 Å². The molecule has 2 rings (SSSR count). The first kappa shape index (κ1) is 12.6. The molecule has 0 aliphatic rings. The summed E-state index contributed by atoms with van der Waals surface area (Å²) >= 11 is 0. The van der Waals surface area contributed by atoms with Crippen molar-refractivity contribution in [1.82, 2.24) is 0 Å². The second kappa shape index (κ2) is 5.65. The van der Waals surface area contributed by atoms with E-state index in [4.69, 9.17) is 10.5 Å². The molecule has 0 radical (unpaired) electrons. The maximum Gasteiger partial charge on any atom is 0.123 e. The molecule has 0 saturated carbocycles. The molecule has 0 aliphatic carbocycles. The third kappa shape index (κ3) is 3.08. The molecule has 0 amide bonds. The molecule has 2 nitrogen and oxygen atoms in total. The molecule has 18 heavy (non-hydrogen) atoms. The highest BCUT2D eigenvalue weighted by Gasteiger charge is 2.02. The van der Waals surface area contributed by atoms with E-state index in [-0.39, 0.29) is 5.82 Å². The van der Waals surface area contributed by atoms with E-state index < -0.39 is 0 Å². The summed E-state index contributed by atoms with van der Waals surface area (Å²) in [7, 11) is 0. The Bertz CT molecular complexity index is 540. The number of para-hydroxylation sites is 1. The van der Waals surface area contributed by atoms with Gasteiger partial charge in [-0.2, -0.15) is 0 Å². The van der Waals surface area contributed by atoms with Crippen molar-refractivity contribution in [2.45, 2.75) is 20.1 Å². The Morgan fingerprint density at radius 1 is 1.11 bits per heavy atom. The summed E-state index contributed by atoms with van der Waals surface area (Å²) < 4.78 is 19.0. The van der Waals surface area contributed by atoms with E-state index in [1.807, 2.05) is 37.3 Å². The molecule has 0 atom stereocenters. The topological polar surface area (TPSA) is 35.2 Å². The number of rotatable bonds is 4. The minimum absolute atomic E-state index is 0.277. The lowest BCUT2D eigenvalue weighted by Gasteiger charge is -2.10. The number of benzene rings is 2. The zero-order chi connectivity index (χ0) is 13.0.